The van der Waals surface area contributed by atoms with Gasteiger partial charge in [-0.05, 0) is 23.1 Å². The molecule has 2 aromatic carbocycles. The van der Waals surface area contributed by atoms with Crippen molar-refractivity contribution >= 4 is 17.8 Å². The zero-order valence-corrected chi connectivity index (χ0v) is 13.5. The smallest absolute Gasteiger partial charge is 0.326 e. The van der Waals surface area contributed by atoms with E-state index >= 15 is 0 Å². The molecule has 2 rings (SSSR count). The lowest BCUT2D eigenvalue weighted by Gasteiger charge is -2.13. The number of carboxylic acid groups (broad SMARTS) is 2. The molecule has 0 spiro atoms. The van der Waals surface area contributed by atoms with E-state index in [1.807, 2.05) is 54.6 Å². The Hall–Kier alpha value is -3.15. The van der Waals surface area contributed by atoms with Crippen LogP contribution in [0.3, 0.4) is 0 Å². The molecule has 6 nitrogen and oxygen atoms in total. The number of carbonyl (C=O) groups is 3. The van der Waals surface area contributed by atoms with Gasteiger partial charge in [0, 0.05) is 6.42 Å². The zero-order valence-electron chi connectivity index (χ0n) is 13.5. The monoisotopic (exact) mass is 341 g/mol. The topological polar surface area (TPSA) is 104 Å². The minimum Gasteiger partial charge on any atom is -0.481 e. The fourth-order valence-electron chi connectivity index (χ4n) is 2.40. The van der Waals surface area contributed by atoms with Crippen LogP contribution in [-0.2, 0) is 20.8 Å². The molecule has 0 heterocycles. The maximum atomic E-state index is 12.0. The van der Waals surface area contributed by atoms with E-state index in [1.54, 1.807) is 0 Å². The van der Waals surface area contributed by atoms with E-state index in [1.165, 1.54) is 0 Å². The molecule has 2 aromatic rings. The van der Waals surface area contributed by atoms with Crippen LogP contribution in [0.1, 0.15) is 18.4 Å². The van der Waals surface area contributed by atoms with E-state index < -0.39 is 23.9 Å². The van der Waals surface area contributed by atoms with Crippen LogP contribution in [0.5, 0.6) is 0 Å². The standard InChI is InChI=1S/C19H19NO5/c21-17(20-16(19(24)25)10-11-18(22)23)12-13-6-8-15(9-7-13)14-4-2-1-3-5-14/h1-9,16H,10-12H2,(H,20,21)(H,22,23)(H,24,25). The first kappa shape index (κ1) is 18.2. The summed E-state index contributed by atoms with van der Waals surface area (Å²) in [5.74, 6) is -2.80. The minimum absolute atomic E-state index is 0.0337. The fourth-order valence-corrected chi connectivity index (χ4v) is 2.40. The summed E-state index contributed by atoms with van der Waals surface area (Å²) in [6.45, 7) is 0. The van der Waals surface area contributed by atoms with Gasteiger partial charge < -0.3 is 15.5 Å². The van der Waals surface area contributed by atoms with Crippen LogP contribution in [-0.4, -0.2) is 34.1 Å². The predicted octanol–water partition coefficient (Wildman–Crippen LogP) is 2.33. The summed E-state index contributed by atoms with van der Waals surface area (Å²) in [6.07, 6.45) is -0.432. The molecule has 0 fully saturated rings. The van der Waals surface area contributed by atoms with Crippen molar-refractivity contribution in [1.82, 2.24) is 5.32 Å². The van der Waals surface area contributed by atoms with Gasteiger partial charge in [0.25, 0.3) is 0 Å². The molecule has 1 atom stereocenters. The van der Waals surface area contributed by atoms with Gasteiger partial charge in [-0.15, -0.1) is 0 Å². The van der Waals surface area contributed by atoms with Crippen molar-refractivity contribution in [2.24, 2.45) is 0 Å². The van der Waals surface area contributed by atoms with Gasteiger partial charge >= 0.3 is 11.9 Å². The lowest BCUT2D eigenvalue weighted by Crippen LogP contribution is -2.41. The van der Waals surface area contributed by atoms with E-state index in [2.05, 4.69) is 5.32 Å². The number of rotatable bonds is 8. The maximum Gasteiger partial charge on any atom is 0.326 e. The highest BCUT2D eigenvalue weighted by Gasteiger charge is 2.20. The molecule has 1 unspecified atom stereocenters. The van der Waals surface area contributed by atoms with Crippen molar-refractivity contribution in [3.8, 4) is 11.1 Å². The van der Waals surface area contributed by atoms with Crippen LogP contribution in [0, 0.1) is 0 Å². The summed E-state index contributed by atoms with van der Waals surface area (Å²) in [7, 11) is 0. The molecule has 0 radical (unpaired) electrons. The van der Waals surface area contributed by atoms with Crippen LogP contribution in [0.4, 0.5) is 0 Å². The first-order valence-corrected chi connectivity index (χ1v) is 7.84. The normalized spacial score (nSPS) is 11.5. The van der Waals surface area contributed by atoms with Gasteiger partial charge in [0.1, 0.15) is 6.04 Å². The Labute approximate surface area is 145 Å². The SMILES string of the molecule is O=C(O)CCC(NC(=O)Cc1ccc(-c2ccccc2)cc1)C(=O)O. The number of carboxylic acids is 2. The van der Waals surface area contributed by atoms with Crippen molar-refractivity contribution in [1.29, 1.82) is 0 Å². The summed E-state index contributed by atoms with van der Waals surface area (Å²) in [5, 5.41) is 20.0. The third kappa shape index (κ3) is 5.76. The molecular weight excluding hydrogens is 322 g/mol. The van der Waals surface area contributed by atoms with Gasteiger partial charge in [-0.3, -0.25) is 9.59 Å². The molecule has 0 aliphatic heterocycles. The molecule has 0 aliphatic rings. The number of nitrogens with one attached hydrogen (secondary N) is 1. The molecule has 25 heavy (non-hydrogen) atoms. The maximum absolute atomic E-state index is 12.0. The Kier molecular flexibility index (Phi) is 6.28. The second-order valence-corrected chi connectivity index (χ2v) is 5.63. The van der Waals surface area contributed by atoms with Crippen molar-refractivity contribution in [2.45, 2.75) is 25.3 Å². The molecular formula is C19H19NO5. The Balaban J connectivity index is 1.95. The molecule has 6 heteroatoms. The summed E-state index contributed by atoms with van der Waals surface area (Å²) in [4.78, 5) is 33.6. The van der Waals surface area contributed by atoms with Crippen molar-refractivity contribution in [3.63, 3.8) is 0 Å². The molecule has 0 saturated carbocycles. The van der Waals surface area contributed by atoms with E-state index in [0.29, 0.717) is 0 Å². The first-order chi connectivity index (χ1) is 12.0. The van der Waals surface area contributed by atoms with Crippen LogP contribution in [0.2, 0.25) is 0 Å². The van der Waals surface area contributed by atoms with Gasteiger partial charge in [0.2, 0.25) is 5.91 Å². The first-order valence-electron chi connectivity index (χ1n) is 7.84. The van der Waals surface area contributed by atoms with Crippen LogP contribution < -0.4 is 5.32 Å². The Morgan fingerprint density at radius 1 is 0.880 bits per heavy atom. The number of hydrogen-bond acceptors (Lipinski definition) is 3. The highest BCUT2D eigenvalue weighted by molar-refractivity contribution is 5.85. The number of carbonyl (C=O) groups excluding carboxylic acids is 1. The predicted molar refractivity (Wildman–Crippen MR) is 92.0 cm³/mol. The summed E-state index contributed by atoms with van der Waals surface area (Å²) < 4.78 is 0. The number of aliphatic carboxylic acids is 2. The van der Waals surface area contributed by atoms with Gasteiger partial charge in [-0.2, -0.15) is 0 Å². The van der Waals surface area contributed by atoms with Gasteiger partial charge in [0.15, 0.2) is 0 Å². The summed E-state index contributed by atoms with van der Waals surface area (Å²) >= 11 is 0. The molecule has 0 aromatic heterocycles. The summed E-state index contributed by atoms with van der Waals surface area (Å²) in [6, 6.07) is 16.0. The van der Waals surface area contributed by atoms with Crippen molar-refractivity contribution < 1.29 is 24.6 Å². The average Bonchev–Trinajstić information content (AvgIpc) is 2.59. The molecule has 1 amide bonds. The Morgan fingerprint density at radius 2 is 1.48 bits per heavy atom. The van der Waals surface area contributed by atoms with Crippen molar-refractivity contribution in [2.75, 3.05) is 0 Å². The lowest BCUT2D eigenvalue weighted by molar-refractivity contribution is -0.143. The van der Waals surface area contributed by atoms with Crippen LogP contribution in [0.25, 0.3) is 11.1 Å². The molecule has 0 aliphatic carbocycles. The Morgan fingerprint density at radius 3 is 2.04 bits per heavy atom. The second kappa shape index (κ2) is 8.63. The van der Waals surface area contributed by atoms with Crippen LogP contribution >= 0.6 is 0 Å². The number of benzene rings is 2. The van der Waals surface area contributed by atoms with Gasteiger partial charge in [-0.25, -0.2) is 4.79 Å². The van der Waals surface area contributed by atoms with Gasteiger partial charge in [-0.1, -0.05) is 54.6 Å². The molecule has 130 valence electrons. The molecule has 0 bridgehead atoms. The van der Waals surface area contributed by atoms with E-state index in [0.717, 1.165) is 16.7 Å². The second-order valence-electron chi connectivity index (χ2n) is 5.63. The molecule has 3 N–H and O–H groups in total. The zero-order chi connectivity index (χ0) is 18.2. The van der Waals surface area contributed by atoms with Crippen molar-refractivity contribution in [3.05, 3.63) is 60.2 Å². The third-order valence-electron chi connectivity index (χ3n) is 3.71. The molecule has 0 saturated heterocycles. The van der Waals surface area contributed by atoms with Gasteiger partial charge in [0.05, 0.1) is 6.42 Å². The fraction of sp³-hybridized carbons (Fsp3) is 0.211. The average molecular weight is 341 g/mol. The van der Waals surface area contributed by atoms with E-state index in [9.17, 15) is 14.4 Å². The quantitative estimate of drug-likeness (QED) is 0.684. The lowest BCUT2D eigenvalue weighted by atomic mass is 10.0. The number of hydrogen-bond donors (Lipinski definition) is 3. The minimum atomic E-state index is -1.24. The largest absolute Gasteiger partial charge is 0.481 e. The Bertz CT molecular complexity index is 740. The van der Waals surface area contributed by atoms with Crippen LogP contribution in [0.15, 0.2) is 54.6 Å². The van der Waals surface area contributed by atoms with E-state index in [-0.39, 0.29) is 19.3 Å². The highest BCUT2D eigenvalue weighted by atomic mass is 16.4. The highest BCUT2D eigenvalue weighted by Crippen LogP contribution is 2.19. The summed E-state index contributed by atoms with van der Waals surface area (Å²) in [5.41, 5.74) is 2.84. The van der Waals surface area contributed by atoms with E-state index in [4.69, 9.17) is 10.2 Å². The third-order valence-corrected chi connectivity index (χ3v) is 3.71. The number of amides is 1.